The van der Waals surface area contributed by atoms with Crippen molar-refractivity contribution in [3.63, 3.8) is 0 Å². The maximum Gasteiger partial charge on any atom is 0.0133 e. The number of hydrogen-bond acceptors (Lipinski definition) is 2. The molecule has 2 unspecified atom stereocenters. The van der Waals surface area contributed by atoms with Crippen LogP contribution < -0.4 is 5.32 Å². The Balaban J connectivity index is 1.59. The third kappa shape index (κ3) is 3.46. The van der Waals surface area contributed by atoms with Crippen LogP contribution in [0, 0.1) is 5.92 Å². The minimum atomic E-state index is 0.878. The van der Waals surface area contributed by atoms with Crippen LogP contribution in [0.25, 0.3) is 0 Å². The summed E-state index contributed by atoms with van der Waals surface area (Å²) in [7, 11) is 2.32. The van der Waals surface area contributed by atoms with Gasteiger partial charge in [0.2, 0.25) is 0 Å². The summed E-state index contributed by atoms with van der Waals surface area (Å²) in [6.45, 7) is 4.86. The Morgan fingerprint density at radius 3 is 2.50 bits per heavy atom. The largest absolute Gasteiger partial charge is 0.314 e. The molecular formula is C14H28N2. The van der Waals surface area contributed by atoms with Gasteiger partial charge in [0.25, 0.3) is 0 Å². The van der Waals surface area contributed by atoms with Crippen LogP contribution in [-0.4, -0.2) is 37.1 Å². The molecule has 0 saturated heterocycles. The molecule has 0 amide bonds. The SMILES string of the molecule is CCCCCN(C)C1CCC1CNC1CC1. The van der Waals surface area contributed by atoms with E-state index in [9.17, 15) is 0 Å². The van der Waals surface area contributed by atoms with Crippen molar-refractivity contribution in [2.45, 2.75) is 64.0 Å². The van der Waals surface area contributed by atoms with Crippen LogP contribution in [0.5, 0.6) is 0 Å². The summed E-state index contributed by atoms with van der Waals surface area (Å²) in [5.41, 5.74) is 0. The second-order valence-corrected chi connectivity index (χ2v) is 5.78. The number of hydrogen-bond donors (Lipinski definition) is 1. The average Bonchev–Trinajstić information content (AvgIpc) is 3.00. The highest BCUT2D eigenvalue weighted by Gasteiger charge is 2.34. The summed E-state index contributed by atoms with van der Waals surface area (Å²) >= 11 is 0. The van der Waals surface area contributed by atoms with Gasteiger partial charge in [-0.15, -0.1) is 0 Å². The van der Waals surface area contributed by atoms with Crippen LogP contribution in [0.3, 0.4) is 0 Å². The normalized spacial score (nSPS) is 29.4. The van der Waals surface area contributed by atoms with Crippen molar-refractivity contribution < 1.29 is 0 Å². The third-order valence-corrected chi connectivity index (χ3v) is 4.30. The van der Waals surface area contributed by atoms with E-state index in [0.717, 1.165) is 18.0 Å². The molecule has 2 saturated carbocycles. The predicted octanol–water partition coefficient (Wildman–Crippen LogP) is 2.64. The average molecular weight is 224 g/mol. The highest BCUT2D eigenvalue weighted by molar-refractivity contribution is 4.91. The van der Waals surface area contributed by atoms with Gasteiger partial charge in [0.05, 0.1) is 0 Å². The lowest BCUT2D eigenvalue weighted by Crippen LogP contribution is -2.49. The van der Waals surface area contributed by atoms with E-state index in [1.807, 2.05) is 0 Å². The Bertz CT molecular complexity index is 201. The highest BCUT2D eigenvalue weighted by Crippen LogP contribution is 2.32. The van der Waals surface area contributed by atoms with Gasteiger partial charge in [0, 0.05) is 12.1 Å². The van der Waals surface area contributed by atoms with Gasteiger partial charge >= 0.3 is 0 Å². The third-order valence-electron chi connectivity index (χ3n) is 4.30. The van der Waals surface area contributed by atoms with Gasteiger partial charge in [-0.25, -0.2) is 0 Å². The maximum atomic E-state index is 3.68. The second kappa shape index (κ2) is 6.02. The molecule has 0 aromatic rings. The second-order valence-electron chi connectivity index (χ2n) is 5.78. The van der Waals surface area contributed by atoms with Crippen molar-refractivity contribution in [3.8, 4) is 0 Å². The van der Waals surface area contributed by atoms with Gasteiger partial charge in [0.15, 0.2) is 0 Å². The summed E-state index contributed by atoms with van der Waals surface area (Å²) < 4.78 is 0. The first-order chi connectivity index (χ1) is 7.81. The highest BCUT2D eigenvalue weighted by atomic mass is 15.1. The van der Waals surface area contributed by atoms with Crippen LogP contribution >= 0.6 is 0 Å². The van der Waals surface area contributed by atoms with E-state index < -0.39 is 0 Å². The zero-order valence-corrected chi connectivity index (χ0v) is 11.0. The molecule has 2 rings (SSSR count). The van der Waals surface area contributed by atoms with Crippen molar-refractivity contribution in [1.82, 2.24) is 10.2 Å². The molecule has 1 N–H and O–H groups in total. The number of nitrogens with one attached hydrogen (secondary N) is 1. The molecule has 0 bridgehead atoms. The van der Waals surface area contributed by atoms with E-state index in [-0.39, 0.29) is 0 Å². The van der Waals surface area contributed by atoms with Crippen LogP contribution in [0.4, 0.5) is 0 Å². The fraction of sp³-hybridized carbons (Fsp3) is 1.00. The molecule has 0 radical (unpaired) electrons. The molecular weight excluding hydrogens is 196 g/mol. The van der Waals surface area contributed by atoms with Gasteiger partial charge in [-0.2, -0.15) is 0 Å². The van der Waals surface area contributed by atoms with E-state index in [4.69, 9.17) is 0 Å². The minimum absolute atomic E-state index is 0.878. The molecule has 2 fully saturated rings. The zero-order chi connectivity index (χ0) is 11.4. The summed E-state index contributed by atoms with van der Waals surface area (Å²) in [4.78, 5) is 2.61. The number of nitrogens with zero attached hydrogens (tertiary/aromatic N) is 1. The quantitative estimate of drug-likeness (QED) is 0.638. The Hall–Kier alpha value is -0.0800. The molecule has 94 valence electrons. The van der Waals surface area contributed by atoms with Gasteiger partial charge in [-0.05, 0) is 58.2 Å². The van der Waals surface area contributed by atoms with E-state index >= 15 is 0 Å². The topological polar surface area (TPSA) is 15.3 Å². The Morgan fingerprint density at radius 1 is 1.12 bits per heavy atom. The molecule has 0 aromatic carbocycles. The number of rotatable bonds is 8. The van der Waals surface area contributed by atoms with Crippen LogP contribution in [0.2, 0.25) is 0 Å². The van der Waals surface area contributed by atoms with Crippen molar-refractivity contribution >= 4 is 0 Å². The maximum absolute atomic E-state index is 3.68. The first-order valence-corrected chi connectivity index (χ1v) is 7.25. The fourth-order valence-corrected chi connectivity index (χ4v) is 2.75. The van der Waals surface area contributed by atoms with Crippen molar-refractivity contribution in [1.29, 1.82) is 0 Å². The molecule has 0 aliphatic heterocycles. The van der Waals surface area contributed by atoms with Gasteiger partial charge in [-0.3, -0.25) is 0 Å². The lowest BCUT2D eigenvalue weighted by Gasteiger charge is -2.43. The fourth-order valence-electron chi connectivity index (χ4n) is 2.75. The molecule has 2 nitrogen and oxygen atoms in total. The zero-order valence-electron chi connectivity index (χ0n) is 11.0. The van der Waals surface area contributed by atoms with Gasteiger partial charge in [0.1, 0.15) is 0 Å². The molecule has 2 aliphatic rings. The lowest BCUT2D eigenvalue weighted by molar-refractivity contribution is 0.0822. The smallest absolute Gasteiger partial charge is 0.0133 e. The minimum Gasteiger partial charge on any atom is -0.314 e. The summed E-state index contributed by atoms with van der Waals surface area (Å²) in [6.07, 6.45) is 9.83. The van der Waals surface area contributed by atoms with E-state index in [2.05, 4.69) is 24.2 Å². The molecule has 0 aromatic heterocycles. The summed E-state index contributed by atoms with van der Waals surface area (Å²) in [5.74, 6) is 0.937. The standard InChI is InChI=1S/C14H28N2/c1-3-4-5-10-16(2)14-9-6-12(14)11-15-13-7-8-13/h12-15H,3-11H2,1-2H3. The molecule has 0 spiro atoms. The van der Waals surface area contributed by atoms with Gasteiger partial charge in [-0.1, -0.05) is 19.8 Å². The van der Waals surface area contributed by atoms with E-state index in [0.29, 0.717) is 0 Å². The van der Waals surface area contributed by atoms with Crippen LogP contribution in [0.1, 0.15) is 51.9 Å². The predicted molar refractivity (Wildman–Crippen MR) is 69.7 cm³/mol. The van der Waals surface area contributed by atoms with Crippen LogP contribution in [-0.2, 0) is 0 Å². The molecule has 2 heteroatoms. The molecule has 0 heterocycles. The van der Waals surface area contributed by atoms with E-state index in [1.165, 1.54) is 58.0 Å². The molecule has 16 heavy (non-hydrogen) atoms. The van der Waals surface area contributed by atoms with Crippen molar-refractivity contribution in [3.05, 3.63) is 0 Å². The Morgan fingerprint density at radius 2 is 1.94 bits per heavy atom. The summed E-state index contributed by atoms with van der Waals surface area (Å²) in [6, 6.07) is 1.76. The Labute approximate surface area is 101 Å². The van der Waals surface area contributed by atoms with Crippen molar-refractivity contribution in [2.75, 3.05) is 20.1 Å². The first kappa shape index (κ1) is 12.4. The van der Waals surface area contributed by atoms with Crippen molar-refractivity contribution in [2.24, 2.45) is 5.92 Å². The molecule has 2 atom stereocenters. The van der Waals surface area contributed by atoms with Gasteiger partial charge < -0.3 is 10.2 Å². The molecule has 2 aliphatic carbocycles. The lowest BCUT2D eigenvalue weighted by atomic mass is 9.78. The summed E-state index contributed by atoms with van der Waals surface area (Å²) in [5, 5.41) is 3.68. The first-order valence-electron chi connectivity index (χ1n) is 7.25. The Kier molecular flexibility index (Phi) is 4.66. The monoisotopic (exact) mass is 224 g/mol. The van der Waals surface area contributed by atoms with E-state index in [1.54, 1.807) is 0 Å². The number of unbranched alkanes of at least 4 members (excludes halogenated alkanes) is 2. The van der Waals surface area contributed by atoms with Crippen LogP contribution in [0.15, 0.2) is 0 Å².